The molecule has 6 N–H and O–H groups in total. The maximum absolute atomic E-state index is 11.3. The molecule has 0 unspecified atom stereocenters. The van der Waals surface area contributed by atoms with Gasteiger partial charge in [0, 0.05) is 5.39 Å². The number of primary amides is 1. The fourth-order valence-electron chi connectivity index (χ4n) is 2.05. The van der Waals surface area contributed by atoms with Crippen LogP contribution in [0.3, 0.4) is 0 Å². The monoisotopic (exact) mass is 275 g/mol. The number of nitrogens with two attached hydrogens (primary N) is 3. The molecule has 1 amide bonds. The molecule has 0 aliphatic heterocycles. The standard InChI is InChI=1S/C12H13N5OS/c1-2-3-5-6(4-13)10(15)17-12-7(5)8(14)9(19-12)11(16)18/h2-3,14H2,1H3,(H2,15,17)(H2,16,18). The van der Waals surface area contributed by atoms with E-state index in [2.05, 4.69) is 11.1 Å². The van der Waals surface area contributed by atoms with E-state index in [0.717, 1.165) is 23.3 Å². The van der Waals surface area contributed by atoms with Gasteiger partial charge in [0.1, 0.15) is 21.6 Å². The Morgan fingerprint density at radius 3 is 2.68 bits per heavy atom. The Hall–Kier alpha value is -2.33. The van der Waals surface area contributed by atoms with Crippen molar-refractivity contribution in [2.75, 3.05) is 11.5 Å². The number of nitrogen functional groups attached to an aromatic ring is 2. The summed E-state index contributed by atoms with van der Waals surface area (Å²) < 4.78 is 0. The highest BCUT2D eigenvalue weighted by molar-refractivity contribution is 7.21. The zero-order valence-corrected chi connectivity index (χ0v) is 11.2. The molecule has 19 heavy (non-hydrogen) atoms. The van der Waals surface area contributed by atoms with Crippen molar-refractivity contribution in [1.82, 2.24) is 4.98 Å². The maximum Gasteiger partial charge on any atom is 0.260 e. The summed E-state index contributed by atoms with van der Waals surface area (Å²) in [7, 11) is 0. The van der Waals surface area contributed by atoms with Gasteiger partial charge in [-0.3, -0.25) is 4.79 Å². The normalized spacial score (nSPS) is 10.5. The number of carbonyl (C=O) groups is 1. The number of nitrogens with zero attached hydrogens (tertiary/aromatic N) is 2. The lowest BCUT2D eigenvalue weighted by molar-refractivity contribution is 0.100. The quantitative estimate of drug-likeness (QED) is 0.778. The van der Waals surface area contributed by atoms with Gasteiger partial charge < -0.3 is 17.2 Å². The number of fused-ring (bicyclic) bond motifs is 1. The number of thiophene rings is 1. The van der Waals surface area contributed by atoms with E-state index in [1.807, 2.05) is 6.92 Å². The molecule has 0 aliphatic rings. The van der Waals surface area contributed by atoms with Crippen molar-refractivity contribution < 1.29 is 4.79 Å². The number of anilines is 2. The molecule has 0 saturated carbocycles. The summed E-state index contributed by atoms with van der Waals surface area (Å²) in [5.41, 5.74) is 18.4. The van der Waals surface area contributed by atoms with E-state index in [4.69, 9.17) is 17.2 Å². The third kappa shape index (κ3) is 1.96. The molecular weight excluding hydrogens is 262 g/mol. The number of aromatic nitrogens is 1. The Balaban J connectivity index is 2.91. The average molecular weight is 275 g/mol. The molecule has 7 heteroatoms. The van der Waals surface area contributed by atoms with E-state index in [0.29, 0.717) is 27.9 Å². The van der Waals surface area contributed by atoms with Crippen LogP contribution in [0.4, 0.5) is 11.5 Å². The molecule has 0 saturated heterocycles. The molecule has 6 nitrogen and oxygen atoms in total. The van der Waals surface area contributed by atoms with Gasteiger partial charge >= 0.3 is 0 Å². The number of pyridine rings is 1. The first-order valence-electron chi connectivity index (χ1n) is 5.71. The number of hydrogen-bond donors (Lipinski definition) is 3. The van der Waals surface area contributed by atoms with E-state index in [1.54, 1.807) is 0 Å². The zero-order valence-electron chi connectivity index (χ0n) is 10.4. The molecule has 0 aliphatic carbocycles. The summed E-state index contributed by atoms with van der Waals surface area (Å²) in [5, 5.41) is 9.82. The lowest BCUT2D eigenvalue weighted by Gasteiger charge is -2.07. The zero-order chi connectivity index (χ0) is 14.2. The molecule has 2 heterocycles. The number of aryl methyl sites for hydroxylation is 1. The molecule has 0 fully saturated rings. The Labute approximate surface area is 113 Å². The van der Waals surface area contributed by atoms with Crippen LogP contribution in [0.25, 0.3) is 10.2 Å². The van der Waals surface area contributed by atoms with E-state index in [9.17, 15) is 10.1 Å². The van der Waals surface area contributed by atoms with E-state index >= 15 is 0 Å². The number of amides is 1. The van der Waals surface area contributed by atoms with E-state index in [-0.39, 0.29) is 10.7 Å². The van der Waals surface area contributed by atoms with Gasteiger partial charge in [-0.25, -0.2) is 4.98 Å². The summed E-state index contributed by atoms with van der Waals surface area (Å²) in [6, 6.07) is 2.05. The van der Waals surface area contributed by atoms with Gasteiger partial charge in [-0.15, -0.1) is 11.3 Å². The molecule has 0 aromatic carbocycles. The fraction of sp³-hybridized carbons (Fsp3) is 0.250. The van der Waals surface area contributed by atoms with E-state index < -0.39 is 5.91 Å². The van der Waals surface area contributed by atoms with Crippen molar-refractivity contribution in [1.29, 1.82) is 5.26 Å². The van der Waals surface area contributed by atoms with Gasteiger partial charge in [-0.2, -0.15) is 5.26 Å². The predicted octanol–water partition coefficient (Wildman–Crippen LogP) is 1.38. The number of carbonyl (C=O) groups excluding carboxylic acids is 1. The van der Waals surface area contributed by atoms with Crippen LogP contribution < -0.4 is 17.2 Å². The van der Waals surface area contributed by atoms with Crippen molar-refractivity contribution >= 4 is 39.0 Å². The second-order valence-corrected chi connectivity index (χ2v) is 5.10. The molecule has 2 aromatic heterocycles. The fourth-order valence-corrected chi connectivity index (χ4v) is 3.04. The van der Waals surface area contributed by atoms with E-state index in [1.165, 1.54) is 0 Å². The smallest absolute Gasteiger partial charge is 0.260 e. The molecular formula is C12H13N5OS. The molecule has 0 spiro atoms. The van der Waals surface area contributed by atoms with Gasteiger partial charge in [0.15, 0.2) is 0 Å². The second-order valence-electron chi connectivity index (χ2n) is 4.10. The lowest BCUT2D eigenvalue weighted by Crippen LogP contribution is -2.10. The highest BCUT2D eigenvalue weighted by atomic mass is 32.1. The highest BCUT2D eigenvalue weighted by Gasteiger charge is 2.21. The van der Waals surface area contributed by atoms with Crippen molar-refractivity contribution in [2.45, 2.75) is 19.8 Å². The molecule has 0 radical (unpaired) electrons. The lowest BCUT2D eigenvalue weighted by atomic mass is 10.0. The van der Waals surface area contributed by atoms with Crippen LogP contribution in [0.2, 0.25) is 0 Å². The van der Waals surface area contributed by atoms with Gasteiger partial charge in [-0.05, 0) is 12.0 Å². The van der Waals surface area contributed by atoms with Crippen LogP contribution >= 0.6 is 11.3 Å². The summed E-state index contributed by atoms with van der Waals surface area (Å²) >= 11 is 1.11. The molecule has 2 rings (SSSR count). The third-order valence-corrected chi connectivity index (χ3v) is 3.96. The first-order valence-corrected chi connectivity index (χ1v) is 6.53. The second kappa shape index (κ2) is 4.74. The Kier molecular flexibility index (Phi) is 3.27. The SMILES string of the molecule is CCCc1c(C#N)c(N)nc2sc(C(N)=O)c(N)c12. The van der Waals surface area contributed by atoms with Gasteiger partial charge in [-0.1, -0.05) is 13.3 Å². The van der Waals surface area contributed by atoms with Crippen molar-refractivity contribution in [3.63, 3.8) is 0 Å². The Bertz CT molecular complexity index is 713. The highest BCUT2D eigenvalue weighted by Crippen LogP contribution is 2.37. The molecule has 98 valence electrons. The third-order valence-electron chi connectivity index (χ3n) is 2.84. The number of rotatable bonds is 3. The molecule has 0 atom stereocenters. The summed E-state index contributed by atoms with van der Waals surface area (Å²) in [5.74, 6) is -0.434. The minimum absolute atomic E-state index is 0.163. The largest absolute Gasteiger partial charge is 0.397 e. The number of nitriles is 1. The Morgan fingerprint density at radius 2 is 2.16 bits per heavy atom. The minimum atomic E-state index is -0.597. The number of hydrogen-bond acceptors (Lipinski definition) is 6. The Morgan fingerprint density at radius 1 is 1.47 bits per heavy atom. The van der Waals surface area contributed by atoms with Gasteiger partial charge in [0.2, 0.25) is 0 Å². The maximum atomic E-state index is 11.3. The van der Waals surface area contributed by atoms with Crippen LogP contribution in [0, 0.1) is 11.3 Å². The average Bonchev–Trinajstić information content (AvgIpc) is 2.67. The van der Waals surface area contributed by atoms with Crippen LogP contribution in [0.1, 0.15) is 34.1 Å². The van der Waals surface area contributed by atoms with Crippen molar-refractivity contribution in [2.24, 2.45) is 5.73 Å². The summed E-state index contributed by atoms with van der Waals surface area (Å²) in [6.07, 6.45) is 1.47. The molecule has 0 bridgehead atoms. The molecule has 2 aromatic rings. The first kappa shape index (κ1) is 13.1. The predicted molar refractivity (Wildman–Crippen MR) is 75.7 cm³/mol. The van der Waals surface area contributed by atoms with Crippen LogP contribution in [0.5, 0.6) is 0 Å². The summed E-state index contributed by atoms with van der Waals surface area (Å²) in [4.78, 5) is 16.3. The van der Waals surface area contributed by atoms with Crippen LogP contribution in [0.15, 0.2) is 0 Å². The van der Waals surface area contributed by atoms with Crippen LogP contribution in [-0.4, -0.2) is 10.9 Å². The van der Waals surface area contributed by atoms with Crippen molar-refractivity contribution in [3.05, 3.63) is 16.0 Å². The minimum Gasteiger partial charge on any atom is -0.397 e. The van der Waals surface area contributed by atoms with Gasteiger partial charge in [0.05, 0.1) is 11.3 Å². The van der Waals surface area contributed by atoms with Gasteiger partial charge in [0.25, 0.3) is 5.91 Å². The topological polar surface area (TPSA) is 132 Å². The van der Waals surface area contributed by atoms with Crippen molar-refractivity contribution in [3.8, 4) is 6.07 Å². The summed E-state index contributed by atoms with van der Waals surface area (Å²) in [6.45, 7) is 1.99. The van der Waals surface area contributed by atoms with Crippen LogP contribution in [-0.2, 0) is 6.42 Å². The first-order chi connectivity index (χ1) is 9.01.